The second kappa shape index (κ2) is 4.45. The molecular formula is C8H12N2O4S. The van der Waals surface area contributed by atoms with E-state index in [1.54, 1.807) is 6.92 Å². The molecule has 0 aliphatic rings. The van der Waals surface area contributed by atoms with Crippen LogP contribution in [-0.2, 0) is 14.8 Å². The highest BCUT2D eigenvalue weighted by Crippen LogP contribution is 2.13. The Kier molecular flexibility index (Phi) is 3.48. The van der Waals surface area contributed by atoms with E-state index < -0.39 is 22.5 Å². The predicted octanol–water partition coefficient (Wildman–Crippen LogP) is 0.110. The average molecular weight is 232 g/mol. The minimum absolute atomic E-state index is 0.0746. The van der Waals surface area contributed by atoms with Gasteiger partial charge in [-0.2, -0.15) is 4.31 Å². The molecule has 0 amide bonds. The first kappa shape index (κ1) is 11.7. The van der Waals surface area contributed by atoms with Gasteiger partial charge in [-0.1, -0.05) is 6.92 Å². The van der Waals surface area contributed by atoms with Crippen molar-refractivity contribution in [3.8, 4) is 0 Å². The Morgan fingerprint density at radius 1 is 1.60 bits per heavy atom. The molecule has 2 N–H and O–H groups in total. The number of aromatic amines is 1. The molecule has 84 valence electrons. The van der Waals surface area contributed by atoms with Gasteiger partial charge in [0.15, 0.2) is 0 Å². The molecule has 0 radical (unpaired) electrons. The first-order valence-electron chi connectivity index (χ1n) is 4.33. The van der Waals surface area contributed by atoms with Gasteiger partial charge >= 0.3 is 5.97 Å². The van der Waals surface area contributed by atoms with Gasteiger partial charge in [0, 0.05) is 18.9 Å². The first-order valence-corrected chi connectivity index (χ1v) is 5.77. The lowest BCUT2D eigenvalue weighted by Crippen LogP contribution is -2.35. The summed E-state index contributed by atoms with van der Waals surface area (Å²) >= 11 is 0. The molecule has 0 aromatic carbocycles. The highest BCUT2D eigenvalue weighted by molar-refractivity contribution is 7.89. The Labute approximate surface area is 87.6 Å². The van der Waals surface area contributed by atoms with E-state index in [2.05, 4.69) is 4.98 Å². The van der Waals surface area contributed by atoms with Gasteiger partial charge in [-0.25, -0.2) is 8.42 Å². The second-order valence-electron chi connectivity index (χ2n) is 2.87. The fourth-order valence-corrected chi connectivity index (χ4v) is 2.51. The molecule has 15 heavy (non-hydrogen) atoms. The smallest absolute Gasteiger partial charge is 0.318 e. The highest BCUT2D eigenvalue weighted by atomic mass is 32.2. The van der Waals surface area contributed by atoms with Crippen molar-refractivity contribution < 1.29 is 18.3 Å². The van der Waals surface area contributed by atoms with E-state index in [-0.39, 0.29) is 11.4 Å². The number of carboxylic acid groups (broad SMARTS) is 1. The summed E-state index contributed by atoms with van der Waals surface area (Å²) in [6.45, 7) is 1.19. The fraction of sp³-hybridized carbons (Fsp3) is 0.375. The van der Waals surface area contributed by atoms with Gasteiger partial charge in [-0.3, -0.25) is 4.79 Å². The third-order valence-corrected chi connectivity index (χ3v) is 3.79. The molecule has 6 nitrogen and oxygen atoms in total. The third kappa shape index (κ3) is 2.57. The number of nitrogens with one attached hydrogen (secondary N) is 1. The van der Waals surface area contributed by atoms with Crippen molar-refractivity contribution in [2.75, 3.05) is 13.1 Å². The maximum absolute atomic E-state index is 11.8. The van der Waals surface area contributed by atoms with Crippen molar-refractivity contribution in [3.05, 3.63) is 18.5 Å². The maximum atomic E-state index is 11.8. The zero-order valence-corrected chi connectivity index (χ0v) is 8.99. The monoisotopic (exact) mass is 232 g/mol. The van der Waals surface area contributed by atoms with Gasteiger partial charge in [-0.15, -0.1) is 0 Å². The van der Waals surface area contributed by atoms with Crippen LogP contribution in [0.3, 0.4) is 0 Å². The summed E-state index contributed by atoms with van der Waals surface area (Å²) in [5.74, 6) is -1.17. The fourth-order valence-electron chi connectivity index (χ4n) is 1.14. The van der Waals surface area contributed by atoms with E-state index in [0.717, 1.165) is 4.31 Å². The number of aliphatic carboxylic acids is 1. The number of hydrogen-bond acceptors (Lipinski definition) is 3. The van der Waals surface area contributed by atoms with E-state index in [4.69, 9.17) is 5.11 Å². The first-order chi connectivity index (χ1) is 6.98. The molecule has 1 heterocycles. The summed E-state index contributed by atoms with van der Waals surface area (Å²) in [7, 11) is -3.68. The number of likely N-dealkylation sites (N-methyl/N-ethyl adjacent to an activating group) is 1. The molecule has 7 heteroatoms. The van der Waals surface area contributed by atoms with Gasteiger partial charge < -0.3 is 10.1 Å². The van der Waals surface area contributed by atoms with E-state index >= 15 is 0 Å². The lowest BCUT2D eigenvalue weighted by atomic mass is 10.6. The van der Waals surface area contributed by atoms with Crippen LogP contribution >= 0.6 is 0 Å². The summed E-state index contributed by atoms with van der Waals surface area (Å²) < 4.78 is 24.5. The van der Waals surface area contributed by atoms with Gasteiger partial charge in [-0.05, 0) is 6.07 Å². The van der Waals surface area contributed by atoms with Gasteiger partial charge in [0.2, 0.25) is 10.0 Å². The molecule has 0 unspecified atom stereocenters. The SMILES string of the molecule is CCN(CC(=O)O)S(=O)(=O)c1cc[nH]c1. The number of nitrogens with zero attached hydrogens (tertiary/aromatic N) is 1. The maximum Gasteiger partial charge on any atom is 0.318 e. The van der Waals surface area contributed by atoms with E-state index in [9.17, 15) is 13.2 Å². The largest absolute Gasteiger partial charge is 0.480 e. The molecule has 1 aromatic heterocycles. The summed E-state index contributed by atoms with van der Waals surface area (Å²) in [5, 5.41) is 8.56. The zero-order valence-electron chi connectivity index (χ0n) is 8.17. The predicted molar refractivity (Wildman–Crippen MR) is 52.9 cm³/mol. The second-order valence-corrected chi connectivity index (χ2v) is 4.81. The van der Waals surface area contributed by atoms with Gasteiger partial charge in [0.25, 0.3) is 0 Å². The summed E-state index contributed by atoms with van der Waals surface area (Å²) in [6, 6.07) is 1.39. The van der Waals surface area contributed by atoms with Crippen LogP contribution < -0.4 is 0 Å². The minimum Gasteiger partial charge on any atom is -0.480 e. The number of carbonyl (C=O) groups is 1. The molecule has 0 spiro atoms. The van der Waals surface area contributed by atoms with Crippen LogP contribution in [0.15, 0.2) is 23.4 Å². The van der Waals surface area contributed by atoms with E-state index in [0.29, 0.717) is 0 Å². The number of H-pyrrole nitrogens is 1. The summed E-state index contributed by atoms with van der Waals surface area (Å²) in [4.78, 5) is 13.2. The Morgan fingerprint density at radius 3 is 2.67 bits per heavy atom. The van der Waals surface area contributed by atoms with Crippen molar-refractivity contribution in [1.29, 1.82) is 0 Å². The zero-order chi connectivity index (χ0) is 11.5. The van der Waals surface area contributed by atoms with Crippen molar-refractivity contribution >= 4 is 16.0 Å². The van der Waals surface area contributed by atoms with Crippen LogP contribution in [0.5, 0.6) is 0 Å². The molecule has 0 aliphatic carbocycles. The molecule has 0 saturated carbocycles. The van der Waals surface area contributed by atoms with Crippen molar-refractivity contribution in [1.82, 2.24) is 9.29 Å². The molecule has 0 bridgehead atoms. The molecule has 0 fully saturated rings. The van der Waals surface area contributed by atoms with Crippen molar-refractivity contribution in [3.63, 3.8) is 0 Å². The van der Waals surface area contributed by atoms with Crippen molar-refractivity contribution in [2.45, 2.75) is 11.8 Å². The molecule has 1 rings (SSSR count). The standard InChI is InChI=1S/C8H12N2O4S/c1-2-10(6-8(11)12)15(13,14)7-3-4-9-5-7/h3-5,9H,2,6H2,1H3,(H,11,12). The summed E-state index contributed by atoms with van der Waals surface area (Å²) in [5.41, 5.74) is 0. The summed E-state index contributed by atoms with van der Waals surface area (Å²) in [6.07, 6.45) is 2.79. The molecule has 0 aliphatic heterocycles. The number of carboxylic acids is 1. The van der Waals surface area contributed by atoms with Crippen LogP contribution in [0.2, 0.25) is 0 Å². The molecule has 0 atom stereocenters. The van der Waals surface area contributed by atoms with E-state index in [1.165, 1.54) is 18.5 Å². The van der Waals surface area contributed by atoms with Crippen LogP contribution in [0.1, 0.15) is 6.92 Å². The van der Waals surface area contributed by atoms with Crippen LogP contribution in [0.25, 0.3) is 0 Å². The number of sulfonamides is 1. The average Bonchev–Trinajstić information content (AvgIpc) is 2.66. The van der Waals surface area contributed by atoms with Gasteiger partial charge in [0.05, 0.1) is 4.90 Å². The molecule has 0 saturated heterocycles. The number of rotatable bonds is 5. The topological polar surface area (TPSA) is 90.5 Å². The third-order valence-electron chi connectivity index (χ3n) is 1.87. The lowest BCUT2D eigenvalue weighted by Gasteiger charge is -2.16. The lowest BCUT2D eigenvalue weighted by molar-refractivity contribution is -0.137. The van der Waals surface area contributed by atoms with Crippen LogP contribution in [0, 0.1) is 0 Å². The Morgan fingerprint density at radius 2 is 2.27 bits per heavy atom. The highest BCUT2D eigenvalue weighted by Gasteiger charge is 2.25. The minimum atomic E-state index is -3.68. The van der Waals surface area contributed by atoms with Crippen molar-refractivity contribution in [2.24, 2.45) is 0 Å². The molecular weight excluding hydrogens is 220 g/mol. The Hall–Kier alpha value is -1.34. The Balaban J connectivity index is 2.98. The number of aromatic nitrogens is 1. The quantitative estimate of drug-likeness (QED) is 0.753. The van der Waals surface area contributed by atoms with Crippen LogP contribution in [0.4, 0.5) is 0 Å². The normalized spacial score (nSPS) is 11.9. The molecule has 1 aromatic rings. The van der Waals surface area contributed by atoms with Gasteiger partial charge in [0.1, 0.15) is 6.54 Å². The Bertz CT molecular complexity index is 424. The van der Waals surface area contributed by atoms with Crippen LogP contribution in [-0.4, -0.2) is 41.9 Å². The van der Waals surface area contributed by atoms with E-state index in [1.807, 2.05) is 0 Å². The number of hydrogen-bond donors (Lipinski definition) is 2.